The van der Waals surface area contributed by atoms with Gasteiger partial charge in [-0.25, -0.2) is 0 Å². The Balaban J connectivity index is 0.00000300. The number of nitrogens with zero attached hydrogens (tertiary/aromatic N) is 2. The lowest BCUT2D eigenvalue weighted by Crippen LogP contribution is -2.45. The molecule has 1 saturated heterocycles. The number of hydrogen-bond donors (Lipinski definition) is 2. The second kappa shape index (κ2) is 13.2. The molecule has 1 aromatic heterocycles. The highest BCUT2D eigenvalue weighted by molar-refractivity contribution is 14.0. The Bertz CT molecular complexity index is 711. The largest absolute Gasteiger partial charge is 0.375 e. The number of thiophene rings is 1. The van der Waals surface area contributed by atoms with Crippen LogP contribution in [0, 0.1) is 5.92 Å². The molecule has 0 saturated carbocycles. The van der Waals surface area contributed by atoms with Gasteiger partial charge < -0.3 is 15.4 Å². The van der Waals surface area contributed by atoms with Crippen LogP contribution in [-0.4, -0.2) is 51.2 Å². The van der Waals surface area contributed by atoms with Gasteiger partial charge in [0.2, 0.25) is 0 Å². The molecular formula is C22H33IN4OS. The van der Waals surface area contributed by atoms with Crippen molar-refractivity contribution >= 4 is 41.3 Å². The normalized spacial score (nSPS) is 20.1. The first kappa shape index (κ1) is 24.1. The van der Waals surface area contributed by atoms with Crippen molar-refractivity contribution in [1.82, 2.24) is 15.5 Å². The second-order valence-corrected chi connectivity index (χ2v) is 8.24. The first-order valence-electron chi connectivity index (χ1n) is 10.1. The summed E-state index contributed by atoms with van der Waals surface area (Å²) in [4.78, 5) is 8.32. The van der Waals surface area contributed by atoms with Crippen LogP contribution in [0.15, 0.2) is 52.8 Å². The van der Waals surface area contributed by atoms with Gasteiger partial charge >= 0.3 is 0 Å². The molecule has 29 heavy (non-hydrogen) atoms. The molecule has 2 N–H and O–H groups in total. The van der Waals surface area contributed by atoms with Gasteiger partial charge in [-0.2, -0.15) is 0 Å². The van der Waals surface area contributed by atoms with Crippen molar-refractivity contribution in [1.29, 1.82) is 0 Å². The summed E-state index contributed by atoms with van der Waals surface area (Å²) in [5, 5.41) is 9.06. The summed E-state index contributed by atoms with van der Waals surface area (Å²) in [6.07, 6.45) is 2.50. The third-order valence-corrected chi connectivity index (χ3v) is 6.19. The zero-order valence-electron chi connectivity index (χ0n) is 17.3. The number of piperidine rings is 1. The Kier molecular flexibility index (Phi) is 11.0. The number of nitrogens with one attached hydrogen (secondary N) is 2. The molecular weight excluding hydrogens is 495 g/mol. The van der Waals surface area contributed by atoms with E-state index in [1.165, 1.54) is 29.8 Å². The maximum Gasteiger partial charge on any atom is 0.191 e. The van der Waals surface area contributed by atoms with E-state index in [0.29, 0.717) is 25.2 Å². The number of ether oxygens (including phenoxy) is 1. The van der Waals surface area contributed by atoms with Crippen molar-refractivity contribution in [3.63, 3.8) is 0 Å². The molecule has 0 radical (unpaired) electrons. The molecule has 2 unspecified atom stereocenters. The van der Waals surface area contributed by atoms with E-state index in [9.17, 15) is 0 Å². The Labute approximate surface area is 196 Å². The lowest BCUT2D eigenvalue weighted by molar-refractivity contribution is 0.123. The monoisotopic (exact) mass is 528 g/mol. The molecule has 1 aliphatic rings. The van der Waals surface area contributed by atoms with Gasteiger partial charge in [-0.05, 0) is 49.4 Å². The fourth-order valence-corrected chi connectivity index (χ4v) is 4.82. The van der Waals surface area contributed by atoms with Crippen molar-refractivity contribution in [2.45, 2.75) is 25.5 Å². The van der Waals surface area contributed by atoms with Gasteiger partial charge in [-0.1, -0.05) is 36.4 Å². The average molecular weight is 529 g/mol. The minimum atomic E-state index is 0. The van der Waals surface area contributed by atoms with E-state index in [-0.39, 0.29) is 24.0 Å². The molecule has 0 amide bonds. The topological polar surface area (TPSA) is 48.9 Å². The van der Waals surface area contributed by atoms with Crippen LogP contribution >= 0.6 is 35.3 Å². The van der Waals surface area contributed by atoms with Crippen LogP contribution in [0.1, 0.15) is 29.3 Å². The first-order valence-corrected chi connectivity index (χ1v) is 11.0. The van der Waals surface area contributed by atoms with E-state index in [1.54, 1.807) is 0 Å². The molecule has 160 valence electrons. The minimum absolute atomic E-state index is 0. The summed E-state index contributed by atoms with van der Waals surface area (Å²) in [5.74, 6) is 1.44. The molecule has 3 rings (SSSR count). The van der Waals surface area contributed by atoms with Crippen molar-refractivity contribution in [3.8, 4) is 0 Å². The zero-order valence-corrected chi connectivity index (χ0v) is 20.5. The Morgan fingerprint density at radius 1 is 1.21 bits per heavy atom. The van der Waals surface area contributed by atoms with Crippen molar-refractivity contribution in [2.75, 3.05) is 40.3 Å². The average Bonchev–Trinajstić information content (AvgIpc) is 3.25. The molecule has 2 heterocycles. The van der Waals surface area contributed by atoms with Gasteiger partial charge in [-0.15, -0.1) is 35.3 Å². The smallest absolute Gasteiger partial charge is 0.191 e. The van der Waals surface area contributed by atoms with Crippen LogP contribution < -0.4 is 10.6 Å². The quantitative estimate of drug-likeness (QED) is 0.234. The maximum absolute atomic E-state index is 5.74. The Morgan fingerprint density at radius 3 is 2.76 bits per heavy atom. The van der Waals surface area contributed by atoms with Crippen LogP contribution in [-0.2, 0) is 11.3 Å². The molecule has 5 nitrogen and oxygen atoms in total. The molecule has 1 fully saturated rings. The minimum Gasteiger partial charge on any atom is -0.375 e. The van der Waals surface area contributed by atoms with Gasteiger partial charge in [0.15, 0.2) is 5.96 Å². The van der Waals surface area contributed by atoms with Gasteiger partial charge in [0.25, 0.3) is 0 Å². The lowest BCUT2D eigenvalue weighted by atomic mass is 9.88. The molecule has 0 bridgehead atoms. The number of hydrogen-bond acceptors (Lipinski definition) is 4. The fraction of sp³-hybridized carbons (Fsp3) is 0.500. The summed E-state index contributed by atoms with van der Waals surface area (Å²) in [6, 6.07) is 15.2. The van der Waals surface area contributed by atoms with Gasteiger partial charge in [0.05, 0.1) is 13.2 Å². The molecule has 0 spiro atoms. The third-order valence-electron chi connectivity index (χ3n) is 5.25. The highest BCUT2D eigenvalue weighted by Gasteiger charge is 2.31. The Hall–Kier alpha value is -1.16. The van der Waals surface area contributed by atoms with E-state index >= 15 is 0 Å². The second-order valence-electron chi connectivity index (χ2n) is 7.26. The number of aliphatic imine (C=N–C) groups is 1. The molecule has 1 aliphatic heterocycles. The predicted molar refractivity (Wildman–Crippen MR) is 133 cm³/mol. The van der Waals surface area contributed by atoms with E-state index in [1.807, 2.05) is 36.6 Å². The van der Waals surface area contributed by atoms with Gasteiger partial charge in [0, 0.05) is 31.1 Å². The number of rotatable bonds is 8. The van der Waals surface area contributed by atoms with Crippen molar-refractivity contribution in [2.24, 2.45) is 10.9 Å². The molecule has 0 aliphatic carbocycles. The van der Waals surface area contributed by atoms with Crippen LogP contribution in [0.3, 0.4) is 0 Å². The van der Waals surface area contributed by atoms with Crippen LogP contribution in [0.4, 0.5) is 0 Å². The molecule has 1 aromatic carbocycles. The number of benzene rings is 1. The summed E-state index contributed by atoms with van der Waals surface area (Å²) >= 11 is 1.86. The summed E-state index contributed by atoms with van der Waals surface area (Å²) in [6.45, 7) is 4.14. The molecule has 2 atom stereocenters. The predicted octanol–water partition coefficient (Wildman–Crippen LogP) is 4.13. The fourth-order valence-electron chi connectivity index (χ4n) is 3.84. The zero-order chi connectivity index (χ0) is 19.6. The van der Waals surface area contributed by atoms with E-state index < -0.39 is 0 Å². The van der Waals surface area contributed by atoms with Gasteiger partial charge in [-0.3, -0.25) is 9.89 Å². The highest BCUT2D eigenvalue weighted by atomic mass is 127. The SMILES string of the molecule is CN=C(NCCOCc1ccccc1)NCC1CCCN(C)C1c1cccs1.I. The van der Waals surface area contributed by atoms with Crippen molar-refractivity contribution < 1.29 is 4.74 Å². The lowest BCUT2D eigenvalue weighted by Gasteiger charge is -2.39. The van der Waals surface area contributed by atoms with E-state index in [4.69, 9.17) is 4.74 Å². The van der Waals surface area contributed by atoms with E-state index in [2.05, 4.69) is 57.2 Å². The third kappa shape index (κ3) is 7.55. The van der Waals surface area contributed by atoms with E-state index in [0.717, 1.165) is 19.0 Å². The number of halogens is 1. The summed E-state index contributed by atoms with van der Waals surface area (Å²) in [7, 11) is 4.07. The molecule has 2 aromatic rings. The van der Waals surface area contributed by atoms with Crippen LogP contribution in [0.5, 0.6) is 0 Å². The van der Waals surface area contributed by atoms with Crippen LogP contribution in [0.2, 0.25) is 0 Å². The number of likely N-dealkylation sites (tertiary alicyclic amines) is 1. The Morgan fingerprint density at radius 2 is 2.03 bits per heavy atom. The highest BCUT2D eigenvalue weighted by Crippen LogP contribution is 2.36. The first-order chi connectivity index (χ1) is 13.8. The molecule has 7 heteroatoms. The maximum atomic E-state index is 5.74. The standard InChI is InChI=1S/C22H32N4OS.HI/c1-23-22(24-12-14-27-17-18-8-4-3-5-9-18)25-16-19-10-6-13-26(2)21(19)20-11-7-15-28-20;/h3-5,7-9,11,15,19,21H,6,10,12-14,16-17H2,1-2H3,(H2,23,24,25);1H. The van der Waals surface area contributed by atoms with Crippen molar-refractivity contribution in [3.05, 3.63) is 58.3 Å². The summed E-state index contributed by atoms with van der Waals surface area (Å²) in [5.41, 5.74) is 1.20. The summed E-state index contributed by atoms with van der Waals surface area (Å²) < 4.78 is 5.74. The van der Waals surface area contributed by atoms with Gasteiger partial charge in [0.1, 0.15) is 0 Å². The number of guanidine groups is 1. The van der Waals surface area contributed by atoms with Crippen LogP contribution in [0.25, 0.3) is 0 Å².